The SMILES string of the molecule is C[C@H]1Sc2ccc(C(=O)NCC3(N4CCCCC4)CCCCC3)cc2NC1=O. The van der Waals surface area contributed by atoms with Gasteiger partial charge in [0.25, 0.3) is 5.91 Å². The monoisotopic (exact) mass is 401 g/mol. The predicted molar refractivity (Wildman–Crippen MR) is 114 cm³/mol. The molecule has 0 unspecified atom stereocenters. The fraction of sp³-hybridized carbons (Fsp3) is 0.636. The Balaban J connectivity index is 1.45. The number of hydrogen-bond donors (Lipinski definition) is 2. The highest BCUT2D eigenvalue weighted by atomic mass is 32.2. The van der Waals surface area contributed by atoms with E-state index in [2.05, 4.69) is 15.5 Å². The van der Waals surface area contributed by atoms with Crippen molar-refractivity contribution in [3.63, 3.8) is 0 Å². The number of benzene rings is 1. The first-order valence-corrected chi connectivity index (χ1v) is 11.6. The molecule has 1 aromatic carbocycles. The van der Waals surface area contributed by atoms with Crippen molar-refractivity contribution in [2.45, 2.75) is 74.0 Å². The van der Waals surface area contributed by atoms with Crippen molar-refractivity contribution in [1.82, 2.24) is 10.2 Å². The lowest BCUT2D eigenvalue weighted by Gasteiger charge is -2.48. The van der Waals surface area contributed by atoms with E-state index in [9.17, 15) is 9.59 Å². The van der Waals surface area contributed by atoms with E-state index in [-0.39, 0.29) is 22.6 Å². The number of hydrogen-bond acceptors (Lipinski definition) is 4. The molecule has 4 rings (SSSR count). The zero-order valence-electron chi connectivity index (χ0n) is 16.8. The number of rotatable bonds is 4. The van der Waals surface area contributed by atoms with Crippen LogP contribution >= 0.6 is 11.8 Å². The van der Waals surface area contributed by atoms with Gasteiger partial charge in [-0.05, 0) is 63.9 Å². The number of anilines is 1. The molecule has 1 saturated heterocycles. The number of carbonyl (C=O) groups excluding carboxylic acids is 2. The Morgan fingerprint density at radius 1 is 1.18 bits per heavy atom. The summed E-state index contributed by atoms with van der Waals surface area (Å²) in [7, 11) is 0. The van der Waals surface area contributed by atoms with Gasteiger partial charge in [0, 0.05) is 22.5 Å². The number of piperidine rings is 1. The van der Waals surface area contributed by atoms with E-state index in [1.165, 1.54) is 51.4 Å². The van der Waals surface area contributed by atoms with E-state index in [1.807, 2.05) is 25.1 Å². The summed E-state index contributed by atoms with van der Waals surface area (Å²) < 4.78 is 0. The summed E-state index contributed by atoms with van der Waals surface area (Å²) in [5, 5.41) is 6.06. The van der Waals surface area contributed by atoms with E-state index in [4.69, 9.17) is 0 Å². The van der Waals surface area contributed by atoms with Gasteiger partial charge < -0.3 is 10.6 Å². The second-order valence-corrected chi connectivity index (χ2v) is 9.86. The maximum Gasteiger partial charge on any atom is 0.251 e. The summed E-state index contributed by atoms with van der Waals surface area (Å²) in [4.78, 5) is 28.5. The summed E-state index contributed by atoms with van der Waals surface area (Å²) in [6, 6.07) is 5.64. The molecule has 0 bridgehead atoms. The van der Waals surface area contributed by atoms with Crippen LogP contribution in [-0.2, 0) is 4.79 Å². The van der Waals surface area contributed by atoms with Crippen LogP contribution in [0.1, 0.15) is 68.6 Å². The quantitative estimate of drug-likeness (QED) is 0.799. The second kappa shape index (κ2) is 8.46. The van der Waals surface area contributed by atoms with Crippen LogP contribution < -0.4 is 10.6 Å². The molecule has 1 atom stereocenters. The number of amides is 2. The van der Waals surface area contributed by atoms with Crippen LogP contribution in [0.5, 0.6) is 0 Å². The third-order valence-corrected chi connectivity index (χ3v) is 7.74. The van der Waals surface area contributed by atoms with Crippen molar-refractivity contribution in [2.24, 2.45) is 0 Å². The van der Waals surface area contributed by atoms with E-state index in [1.54, 1.807) is 11.8 Å². The molecule has 3 aliphatic rings. The second-order valence-electron chi connectivity index (χ2n) is 8.48. The number of fused-ring (bicyclic) bond motifs is 1. The van der Waals surface area contributed by atoms with Crippen LogP contribution in [0.15, 0.2) is 23.1 Å². The van der Waals surface area contributed by atoms with Gasteiger partial charge in [0.1, 0.15) is 0 Å². The smallest absolute Gasteiger partial charge is 0.251 e. The normalized spacial score (nSPS) is 24.9. The summed E-state index contributed by atoms with van der Waals surface area (Å²) in [6.07, 6.45) is 10.1. The average molecular weight is 402 g/mol. The highest BCUT2D eigenvalue weighted by Gasteiger charge is 2.38. The number of nitrogens with zero attached hydrogens (tertiary/aromatic N) is 1. The van der Waals surface area contributed by atoms with Crippen LogP contribution in [0.4, 0.5) is 5.69 Å². The van der Waals surface area contributed by atoms with Crippen molar-refractivity contribution in [2.75, 3.05) is 25.0 Å². The average Bonchev–Trinajstić information content (AvgIpc) is 2.74. The van der Waals surface area contributed by atoms with Crippen molar-refractivity contribution in [1.29, 1.82) is 0 Å². The lowest BCUT2D eigenvalue weighted by Crippen LogP contribution is -2.58. The van der Waals surface area contributed by atoms with Gasteiger partial charge in [0.15, 0.2) is 0 Å². The van der Waals surface area contributed by atoms with Crippen molar-refractivity contribution < 1.29 is 9.59 Å². The molecular weight excluding hydrogens is 370 g/mol. The zero-order valence-corrected chi connectivity index (χ0v) is 17.6. The lowest BCUT2D eigenvalue weighted by atomic mass is 9.79. The predicted octanol–water partition coefficient (Wildman–Crippen LogP) is 4.04. The zero-order chi connectivity index (χ0) is 19.6. The fourth-order valence-corrected chi connectivity index (χ4v) is 5.81. The third-order valence-electron chi connectivity index (χ3n) is 6.56. The maximum absolute atomic E-state index is 12.9. The molecule has 2 fully saturated rings. The minimum absolute atomic E-state index is 0.00122. The Kier molecular flexibility index (Phi) is 5.97. The number of likely N-dealkylation sites (tertiary alicyclic amines) is 1. The van der Waals surface area contributed by atoms with Gasteiger partial charge in [-0.25, -0.2) is 0 Å². The Hall–Kier alpha value is -1.53. The Morgan fingerprint density at radius 2 is 1.89 bits per heavy atom. The topological polar surface area (TPSA) is 61.4 Å². The first-order chi connectivity index (χ1) is 13.6. The highest BCUT2D eigenvalue weighted by molar-refractivity contribution is 8.00. The molecule has 0 spiro atoms. The van der Waals surface area contributed by atoms with Crippen LogP contribution in [0.2, 0.25) is 0 Å². The number of thioether (sulfide) groups is 1. The van der Waals surface area contributed by atoms with Crippen LogP contribution in [0.25, 0.3) is 0 Å². The molecule has 6 heteroatoms. The van der Waals surface area contributed by atoms with Gasteiger partial charge in [-0.15, -0.1) is 11.8 Å². The van der Waals surface area contributed by atoms with Crippen molar-refractivity contribution >= 4 is 29.3 Å². The van der Waals surface area contributed by atoms with Gasteiger partial charge >= 0.3 is 0 Å². The summed E-state index contributed by atoms with van der Waals surface area (Å²) in [5.41, 5.74) is 1.50. The standard InChI is InChI=1S/C22H31N3O2S/c1-16-20(26)24-18-14-17(8-9-19(18)28-16)21(27)23-15-22(10-4-2-5-11-22)25-12-6-3-7-13-25/h8-9,14,16H,2-7,10-13,15H2,1H3,(H,23,27)(H,24,26)/t16-/m1/s1. The van der Waals surface area contributed by atoms with Gasteiger partial charge in [-0.3, -0.25) is 14.5 Å². The summed E-state index contributed by atoms with van der Waals surface area (Å²) in [6.45, 7) is 4.95. The minimum atomic E-state index is -0.0946. The third kappa shape index (κ3) is 4.08. The Labute approximate surface area is 172 Å². The van der Waals surface area contributed by atoms with E-state index < -0.39 is 0 Å². The lowest BCUT2D eigenvalue weighted by molar-refractivity contribution is -0.115. The molecule has 0 radical (unpaired) electrons. The van der Waals surface area contributed by atoms with E-state index in [0.29, 0.717) is 5.56 Å². The number of carbonyl (C=O) groups is 2. The summed E-state index contributed by atoms with van der Waals surface area (Å²) >= 11 is 1.54. The molecule has 5 nitrogen and oxygen atoms in total. The van der Waals surface area contributed by atoms with Gasteiger partial charge in [0.2, 0.25) is 5.91 Å². The Morgan fingerprint density at radius 3 is 2.64 bits per heavy atom. The maximum atomic E-state index is 12.9. The van der Waals surface area contributed by atoms with Gasteiger partial charge in [-0.2, -0.15) is 0 Å². The largest absolute Gasteiger partial charge is 0.350 e. The molecular formula is C22H31N3O2S. The van der Waals surface area contributed by atoms with Gasteiger partial charge in [0.05, 0.1) is 10.9 Å². The van der Waals surface area contributed by atoms with Crippen LogP contribution in [0.3, 0.4) is 0 Å². The van der Waals surface area contributed by atoms with Gasteiger partial charge in [-0.1, -0.05) is 25.7 Å². The fourth-order valence-electron chi connectivity index (χ4n) is 4.88. The molecule has 1 aliphatic carbocycles. The molecule has 152 valence electrons. The van der Waals surface area contributed by atoms with Crippen LogP contribution in [0, 0.1) is 0 Å². The summed E-state index contributed by atoms with van der Waals surface area (Å²) in [5.74, 6) is -0.0380. The molecule has 2 amide bonds. The molecule has 1 aromatic rings. The van der Waals surface area contributed by atoms with E-state index in [0.717, 1.165) is 30.2 Å². The Bertz CT molecular complexity index is 739. The van der Waals surface area contributed by atoms with E-state index >= 15 is 0 Å². The first kappa shape index (κ1) is 19.8. The highest BCUT2D eigenvalue weighted by Crippen LogP contribution is 2.37. The molecule has 2 heterocycles. The number of nitrogens with one attached hydrogen (secondary N) is 2. The van der Waals surface area contributed by atoms with Crippen molar-refractivity contribution in [3.05, 3.63) is 23.8 Å². The minimum Gasteiger partial charge on any atom is -0.350 e. The molecule has 0 aromatic heterocycles. The van der Waals surface area contributed by atoms with Crippen molar-refractivity contribution in [3.8, 4) is 0 Å². The molecule has 2 aliphatic heterocycles. The molecule has 1 saturated carbocycles. The van der Waals surface area contributed by atoms with Crippen LogP contribution in [-0.4, -0.2) is 47.1 Å². The first-order valence-electron chi connectivity index (χ1n) is 10.7. The molecule has 28 heavy (non-hydrogen) atoms. The molecule has 2 N–H and O–H groups in total.